The van der Waals surface area contributed by atoms with E-state index in [2.05, 4.69) is 14.9 Å². The van der Waals surface area contributed by atoms with Gasteiger partial charge in [0.1, 0.15) is 0 Å². The van der Waals surface area contributed by atoms with Gasteiger partial charge in [0, 0.05) is 19.3 Å². The highest BCUT2D eigenvalue weighted by Crippen LogP contribution is 2.23. The van der Waals surface area contributed by atoms with Crippen molar-refractivity contribution >= 4 is 28.8 Å². The largest absolute Gasteiger partial charge is 0.347 e. The number of rotatable bonds is 6. The molecule has 0 saturated carbocycles. The molecule has 0 unspecified atom stereocenters. The predicted octanol–water partition coefficient (Wildman–Crippen LogP) is 2.33. The summed E-state index contributed by atoms with van der Waals surface area (Å²) in [6.07, 6.45) is 3.35. The summed E-state index contributed by atoms with van der Waals surface area (Å²) >= 11 is 7.21. The number of imidazole rings is 1. The number of nitrogens with zero attached hydrogens (tertiary/aromatic N) is 3. The number of hydrogen-bond donors (Lipinski definition) is 1. The van der Waals surface area contributed by atoms with E-state index in [1.165, 1.54) is 11.3 Å². The molecule has 0 aromatic carbocycles. The molecular weight excluding hydrogens is 296 g/mol. The highest BCUT2D eigenvalue weighted by molar-refractivity contribution is 7.17. The summed E-state index contributed by atoms with van der Waals surface area (Å²) in [5, 5.41) is 0. The van der Waals surface area contributed by atoms with Gasteiger partial charge in [-0.1, -0.05) is 11.6 Å². The lowest BCUT2D eigenvalue weighted by Gasteiger charge is -2.23. The number of H-pyrrole nitrogens is 1. The molecule has 2 aromatic rings. The van der Waals surface area contributed by atoms with Gasteiger partial charge in [-0.15, -0.1) is 11.3 Å². The van der Waals surface area contributed by atoms with Crippen LogP contribution in [0, 0.1) is 0 Å². The minimum Gasteiger partial charge on any atom is -0.347 e. The Morgan fingerprint density at radius 2 is 2.20 bits per heavy atom. The quantitative estimate of drug-likeness (QED) is 0.890. The standard InChI is InChI=1S/C13H17ClN4OS/c1-17(2)5-6-18(8-10-7-15-9-16-10)13(19)11-3-4-12(14)20-11/h3-4,7,9H,5-6,8H2,1-2H3,(H,15,16). The van der Waals surface area contributed by atoms with Crippen molar-refractivity contribution in [2.24, 2.45) is 0 Å². The van der Waals surface area contributed by atoms with Crippen LogP contribution in [0.3, 0.4) is 0 Å². The molecule has 1 N–H and O–H groups in total. The molecule has 0 spiro atoms. The molecule has 20 heavy (non-hydrogen) atoms. The molecule has 1 amide bonds. The monoisotopic (exact) mass is 312 g/mol. The molecule has 0 aliphatic carbocycles. The predicted molar refractivity (Wildman–Crippen MR) is 81.2 cm³/mol. The summed E-state index contributed by atoms with van der Waals surface area (Å²) in [7, 11) is 3.97. The zero-order valence-corrected chi connectivity index (χ0v) is 13.0. The Kier molecular flexibility index (Phi) is 5.17. The molecule has 0 bridgehead atoms. The molecular formula is C13H17ClN4OS. The molecule has 0 radical (unpaired) electrons. The van der Waals surface area contributed by atoms with E-state index < -0.39 is 0 Å². The van der Waals surface area contributed by atoms with Crippen LogP contribution >= 0.6 is 22.9 Å². The molecule has 0 fully saturated rings. The third-order valence-corrected chi connectivity index (χ3v) is 4.02. The van der Waals surface area contributed by atoms with Crippen molar-refractivity contribution in [1.82, 2.24) is 19.8 Å². The first-order valence-corrected chi connectivity index (χ1v) is 7.42. The Morgan fingerprint density at radius 3 is 2.75 bits per heavy atom. The summed E-state index contributed by atoms with van der Waals surface area (Å²) in [6, 6.07) is 3.52. The molecule has 0 aliphatic heterocycles. The van der Waals surface area contributed by atoms with Crippen molar-refractivity contribution in [3.8, 4) is 0 Å². The Labute approximate surface area is 127 Å². The highest BCUT2D eigenvalue weighted by atomic mass is 35.5. The molecule has 0 atom stereocenters. The van der Waals surface area contributed by atoms with E-state index in [9.17, 15) is 4.79 Å². The number of aromatic amines is 1. The van der Waals surface area contributed by atoms with Crippen molar-refractivity contribution in [3.05, 3.63) is 39.6 Å². The normalized spacial score (nSPS) is 11.0. The molecule has 5 nitrogen and oxygen atoms in total. The molecule has 2 rings (SSSR count). The fraction of sp³-hybridized carbons (Fsp3) is 0.385. The molecule has 0 aliphatic rings. The first-order chi connectivity index (χ1) is 9.56. The fourth-order valence-corrected chi connectivity index (χ4v) is 2.75. The first kappa shape index (κ1) is 15.0. The Bertz CT molecular complexity index is 552. The van der Waals surface area contributed by atoms with Crippen LogP contribution in [0.4, 0.5) is 0 Å². The molecule has 2 heterocycles. The van der Waals surface area contributed by atoms with Gasteiger partial charge in [-0.3, -0.25) is 4.79 Å². The van der Waals surface area contributed by atoms with Crippen LogP contribution in [-0.2, 0) is 6.54 Å². The summed E-state index contributed by atoms with van der Waals surface area (Å²) < 4.78 is 0.627. The Morgan fingerprint density at radius 1 is 1.40 bits per heavy atom. The van der Waals surface area contributed by atoms with E-state index in [1.54, 1.807) is 29.6 Å². The lowest BCUT2D eigenvalue weighted by atomic mass is 10.3. The van der Waals surface area contributed by atoms with Crippen molar-refractivity contribution in [2.45, 2.75) is 6.54 Å². The third kappa shape index (κ3) is 4.06. The van der Waals surface area contributed by atoms with E-state index >= 15 is 0 Å². The zero-order chi connectivity index (χ0) is 14.5. The van der Waals surface area contributed by atoms with Crippen LogP contribution in [-0.4, -0.2) is 52.9 Å². The number of amides is 1. The van der Waals surface area contributed by atoms with Gasteiger partial charge >= 0.3 is 0 Å². The van der Waals surface area contributed by atoms with Gasteiger partial charge in [0.25, 0.3) is 5.91 Å². The third-order valence-electron chi connectivity index (χ3n) is 2.80. The van der Waals surface area contributed by atoms with Crippen molar-refractivity contribution in [3.63, 3.8) is 0 Å². The Balaban J connectivity index is 2.10. The van der Waals surface area contributed by atoms with Gasteiger partial charge in [0.15, 0.2) is 0 Å². The fourth-order valence-electron chi connectivity index (χ4n) is 1.73. The van der Waals surface area contributed by atoms with Crippen LogP contribution in [0.1, 0.15) is 15.4 Å². The van der Waals surface area contributed by atoms with E-state index in [4.69, 9.17) is 11.6 Å². The highest BCUT2D eigenvalue weighted by Gasteiger charge is 2.18. The molecule has 108 valence electrons. The number of hydrogen-bond acceptors (Lipinski definition) is 4. The summed E-state index contributed by atoms with van der Waals surface area (Å²) in [6.45, 7) is 1.97. The van der Waals surface area contributed by atoms with E-state index in [1.807, 2.05) is 14.1 Å². The smallest absolute Gasteiger partial charge is 0.264 e. The van der Waals surface area contributed by atoms with Gasteiger partial charge in [0.05, 0.1) is 27.8 Å². The first-order valence-electron chi connectivity index (χ1n) is 6.23. The average molecular weight is 313 g/mol. The van der Waals surface area contributed by atoms with E-state index in [0.717, 1.165) is 12.2 Å². The topological polar surface area (TPSA) is 52.2 Å². The van der Waals surface area contributed by atoms with Gasteiger partial charge in [-0.2, -0.15) is 0 Å². The maximum atomic E-state index is 12.5. The maximum absolute atomic E-state index is 12.5. The minimum absolute atomic E-state index is 0.00153. The Hall–Kier alpha value is -1.37. The average Bonchev–Trinajstić information content (AvgIpc) is 3.04. The second kappa shape index (κ2) is 6.88. The van der Waals surface area contributed by atoms with Crippen LogP contribution < -0.4 is 0 Å². The number of carbonyl (C=O) groups excluding carboxylic acids is 1. The second-order valence-electron chi connectivity index (χ2n) is 4.71. The second-order valence-corrected chi connectivity index (χ2v) is 6.43. The number of likely N-dealkylation sites (N-methyl/N-ethyl adjacent to an activating group) is 1. The number of aromatic nitrogens is 2. The van der Waals surface area contributed by atoms with Crippen molar-refractivity contribution in [2.75, 3.05) is 27.2 Å². The van der Waals surface area contributed by atoms with Crippen LogP contribution in [0.25, 0.3) is 0 Å². The summed E-state index contributed by atoms with van der Waals surface area (Å²) in [5.74, 6) is -0.00153. The van der Waals surface area contributed by atoms with Crippen LogP contribution in [0.5, 0.6) is 0 Å². The number of nitrogens with one attached hydrogen (secondary N) is 1. The minimum atomic E-state index is -0.00153. The van der Waals surface area contributed by atoms with Crippen LogP contribution in [0.2, 0.25) is 4.34 Å². The SMILES string of the molecule is CN(C)CCN(Cc1cnc[nH]1)C(=O)c1ccc(Cl)s1. The molecule has 2 aromatic heterocycles. The number of thiophene rings is 1. The van der Waals surface area contributed by atoms with Crippen molar-refractivity contribution in [1.29, 1.82) is 0 Å². The van der Waals surface area contributed by atoms with Crippen molar-refractivity contribution < 1.29 is 4.79 Å². The lowest BCUT2D eigenvalue weighted by Crippen LogP contribution is -2.36. The molecule has 7 heteroatoms. The number of carbonyl (C=O) groups is 1. The zero-order valence-electron chi connectivity index (χ0n) is 11.5. The van der Waals surface area contributed by atoms with Gasteiger partial charge in [-0.05, 0) is 26.2 Å². The number of halogens is 1. The maximum Gasteiger partial charge on any atom is 0.264 e. The molecule has 0 saturated heterocycles. The van der Waals surface area contributed by atoms with E-state index in [-0.39, 0.29) is 5.91 Å². The summed E-state index contributed by atoms with van der Waals surface area (Å²) in [5.41, 5.74) is 0.916. The lowest BCUT2D eigenvalue weighted by molar-refractivity contribution is 0.0735. The van der Waals surface area contributed by atoms with Gasteiger partial charge in [-0.25, -0.2) is 4.98 Å². The van der Waals surface area contributed by atoms with Gasteiger partial charge in [0.2, 0.25) is 0 Å². The summed E-state index contributed by atoms with van der Waals surface area (Å²) in [4.78, 5) is 24.0. The van der Waals surface area contributed by atoms with E-state index in [0.29, 0.717) is 22.3 Å². The van der Waals surface area contributed by atoms with Crippen LogP contribution in [0.15, 0.2) is 24.7 Å². The van der Waals surface area contributed by atoms with Gasteiger partial charge < -0.3 is 14.8 Å².